The molecule has 0 unspecified atom stereocenters. The Labute approximate surface area is 120 Å². The summed E-state index contributed by atoms with van der Waals surface area (Å²) < 4.78 is 1.61. The maximum absolute atomic E-state index is 12.1. The standard InChI is InChI=1S/C14H13ClN2O3/c1-8-3-4-9(14(19)20)5-11(8)16-13(18)12-6-10(15)7-17(12)2/h3-7H,1-2H3,(H,16,18)(H,19,20). The van der Waals surface area contributed by atoms with Gasteiger partial charge < -0.3 is 15.0 Å². The van der Waals surface area contributed by atoms with Crippen LogP contribution in [0.3, 0.4) is 0 Å². The lowest BCUT2D eigenvalue weighted by Gasteiger charge is -2.09. The third-order valence-electron chi connectivity index (χ3n) is 2.94. The maximum Gasteiger partial charge on any atom is 0.335 e. The fraction of sp³-hybridized carbons (Fsp3) is 0.143. The minimum atomic E-state index is -1.04. The molecule has 1 aromatic carbocycles. The molecule has 104 valence electrons. The number of aromatic nitrogens is 1. The summed E-state index contributed by atoms with van der Waals surface area (Å²) >= 11 is 5.83. The van der Waals surface area contributed by atoms with E-state index in [1.807, 2.05) is 0 Å². The van der Waals surface area contributed by atoms with Gasteiger partial charge in [-0.2, -0.15) is 0 Å². The number of rotatable bonds is 3. The van der Waals surface area contributed by atoms with Crippen LogP contribution in [0.2, 0.25) is 5.02 Å². The van der Waals surface area contributed by atoms with Crippen molar-refractivity contribution in [2.45, 2.75) is 6.92 Å². The summed E-state index contributed by atoms with van der Waals surface area (Å²) in [5.74, 6) is -1.38. The second kappa shape index (κ2) is 5.38. The van der Waals surface area contributed by atoms with E-state index in [4.69, 9.17) is 16.7 Å². The van der Waals surface area contributed by atoms with Gasteiger partial charge in [0.05, 0.1) is 10.6 Å². The van der Waals surface area contributed by atoms with Crippen LogP contribution in [0.1, 0.15) is 26.4 Å². The zero-order valence-corrected chi connectivity index (χ0v) is 11.7. The van der Waals surface area contributed by atoms with Crippen molar-refractivity contribution in [1.29, 1.82) is 0 Å². The number of aryl methyl sites for hydroxylation is 2. The van der Waals surface area contributed by atoms with Crippen LogP contribution in [0.25, 0.3) is 0 Å². The van der Waals surface area contributed by atoms with Crippen LogP contribution in [-0.2, 0) is 7.05 Å². The molecule has 0 spiro atoms. The predicted molar refractivity (Wildman–Crippen MR) is 76.5 cm³/mol. The Hall–Kier alpha value is -2.27. The van der Waals surface area contributed by atoms with E-state index in [1.165, 1.54) is 12.1 Å². The molecule has 2 rings (SSSR count). The third kappa shape index (κ3) is 2.83. The maximum atomic E-state index is 12.1. The molecule has 0 aliphatic heterocycles. The molecule has 0 saturated heterocycles. The van der Waals surface area contributed by atoms with Crippen molar-refractivity contribution in [3.63, 3.8) is 0 Å². The van der Waals surface area contributed by atoms with Crippen molar-refractivity contribution in [2.24, 2.45) is 7.05 Å². The topological polar surface area (TPSA) is 71.3 Å². The molecule has 20 heavy (non-hydrogen) atoms. The molecular weight excluding hydrogens is 280 g/mol. The fourth-order valence-corrected chi connectivity index (χ4v) is 2.08. The first-order valence-electron chi connectivity index (χ1n) is 5.85. The lowest BCUT2D eigenvalue weighted by Crippen LogP contribution is -2.16. The number of carboxylic acids is 1. The van der Waals surface area contributed by atoms with Crippen molar-refractivity contribution < 1.29 is 14.7 Å². The molecule has 5 nitrogen and oxygen atoms in total. The van der Waals surface area contributed by atoms with E-state index in [0.717, 1.165) is 5.56 Å². The van der Waals surface area contributed by atoms with Gasteiger partial charge >= 0.3 is 5.97 Å². The average molecular weight is 293 g/mol. The molecule has 2 N–H and O–H groups in total. The van der Waals surface area contributed by atoms with E-state index in [0.29, 0.717) is 16.4 Å². The number of amides is 1. The Bertz CT molecular complexity index is 692. The summed E-state index contributed by atoms with van der Waals surface area (Å²) in [4.78, 5) is 23.1. The van der Waals surface area contributed by atoms with Crippen LogP contribution < -0.4 is 5.32 Å². The highest BCUT2D eigenvalue weighted by molar-refractivity contribution is 6.31. The highest BCUT2D eigenvalue weighted by Gasteiger charge is 2.13. The number of hydrogen-bond acceptors (Lipinski definition) is 2. The van der Waals surface area contributed by atoms with Crippen molar-refractivity contribution in [3.8, 4) is 0 Å². The van der Waals surface area contributed by atoms with E-state index in [9.17, 15) is 9.59 Å². The molecule has 0 aliphatic rings. The van der Waals surface area contributed by atoms with E-state index in [2.05, 4.69) is 5.32 Å². The number of nitrogens with one attached hydrogen (secondary N) is 1. The lowest BCUT2D eigenvalue weighted by molar-refractivity contribution is 0.0696. The zero-order valence-electron chi connectivity index (χ0n) is 11.0. The van der Waals surface area contributed by atoms with Crippen LogP contribution in [0, 0.1) is 6.92 Å². The van der Waals surface area contributed by atoms with Gasteiger partial charge in [0.15, 0.2) is 0 Å². The molecule has 0 fully saturated rings. The van der Waals surface area contributed by atoms with E-state index in [-0.39, 0.29) is 11.5 Å². The summed E-state index contributed by atoms with van der Waals surface area (Å²) in [6.07, 6.45) is 1.62. The number of nitrogens with zero attached hydrogens (tertiary/aromatic N) is 1. The van der Waals surface area contributed by atoms with E-state index in [1.54, 1.807) is 36.9 Å². The highest BCUT2D eigenvalue weighted by Crippen LogP contribution is 2.19. The second-order valence-corrected chi connectivity index (χ2v) is 4.88. The predicted octanol–water partition coefficient (Wildman–Crippen LogP) is 2.94. The Balaban J connectivity index is 2.30. The molecule has 0 bridgehead atoms. The molecule has 0 saturated carbocycles. The molecule has 2 aromatic rings. The number of halogens is 1. The SMILES string of the molecule is Cc1ccc(C(=O)O)cc1NC(=O)c1cc(Cl)cn1C. The summed E-state index contributed by atoms with van der Waals surface area (Å²) in [5, 5.41) is 12.1. The van der Waals surface area contributed by atoms with Crippen LogP contribution in [-0.4, -0.2) is 21.6 Å². The lowest BCUT2D eigenvalue weighted by atomic mass is 10.1. The number of anilines is 1. The van der Waals surface area contributed by atoms with Gasteiger partial charge in [-0.1, -0.05) is 17.7 Å². The molecule has 1 heterocycles. The number of carbonyl (C=O) groups is 2. The van der Waals surface area contributed by atoms with Crippen LogP contribution in [0.5, 0.6) is 0 Å². The second-order valence-electron chi connectivity index (χ2n) is 4.44. The molecule has 1 aromatic heterocycles. The minimum absolute atomic E-state index is 0.121. The van der Waals surface area contributed by atoms with Gasteiger partial charge in [-0.15, -0.1) is 0 Å². The summed E-state index contributed by atoms with van der Waals surface area (Å²) in [7, 11) is 1.71. The number of carbonyl (C=O) groups excluding carboxylic acids is 1. The molecule has 0 aliphatic carbocycles. The molecule has 1 amide bonds. The van der Waals surface area contributed by atoms with Crippen molar-refractivity contribution in [1.82, 2.24) is 4.57 Å². The van der Waals surface area contributed by atoms with Gasteiger partial charge in [-0.3, -0.25) is 4.79 Å². The van der Waals surface area contributed by atoms with Crippen LogP contribution in [0.4, 0.5) is 5.69 Å². The fourth-order valence-electron chi connectivity index (χ4n) is 1.83. The Morgan fingerprint density at radius 2 is 2.00 bits per heavy atom. The van der Waals surface area contributed by atoms with Crippen LogP contribution in [0.15, 0.2) is 30.5 Å². The van der Waals surface area contributed by atoms with Crippen LogP contribution >= 0.6 is 11.6 Å². The zero-order chi connectivity index (χ0) is 14.9. The van der Waals surface area contributed by atoms with Gasteiger partial charge in [0.1, 0.15) is 5.69 Å². The quantitative estimate of drug-likeness (QED) is 0.913. The number of benzene rings is 1. The van der Waals surface area contributed by atoms with Gasteiger partial charge in [-0.05, 0) is 30.7 Å². The Morgan fingerprint density at radius 1 is 1.30 bits per heavy atom. The van der Waals surface area contributed by atoms with Gasteiger partial charge in [0.25, 0.3) is 5.91 Å². The van der Waals surface area contributed by atoms with E-state index < -0.39 is 5.97 Å². The summed E-state index contributed by atoms with van der Waals surface area (Å²) in [5.41, 5.74) is 1.77. The third-order valence-corrected chi connectivity index (χ3v) is 3.14. The van der Waals surface area contributed by atoms with Crippen molar-refractivity contribution in [3.05, 3.63) is 52.3 Å². The Kier molecular flexibility index (Phi) is 3.81. The highest BCUT2D eigenvalue weighted by atomic mass is 35.5. The van der Waals surface area contributed by atoms with Gasteiger partial charge in [-0.25, -0.2) is 4.79 Å². The normalized spacial score (nSPS) is 10.3. The molecule has 0 atom stereocenters. The first-order chi connectivity index (χ1) is 9.38. The van der Waals surface area contributed by atoms with Gasteiger partial charge in [0, 0.05) is 18.9 Å². The molecular formula is C14H13ClN2O3. The van der Waals surface area contributed by atoms with E-state index >= 15 is 0 Å². The molecule has 6 heteroatoms. The molecule has 0 radical (unpaired) electrons. The number of carboxylic acid groups (broad SMARTS) is 1. The first kappa shape index (κ1) is 14.1. The smallest absolute Gasteiger partial charge is 0.335 e. The number of hydrogen-bond donors (Lipinski definition) is 2. The monoisotopic (exact) mass is 292 g/mol. The average Bonchev–Trinajstić information content (AvgIpc) is 2.71. The van der Waals surface area contributed by atoms with Gasteiger partial charge in [0.2, 0.25) is 0 Å². The summed E-state index contributed by atoms with van der Waals surface area (Å²) in [6, 6.07) is 6.12. The van der Waals surface area contributed by atoms with Crippen molar-refractivity contribution in [2.75, 3.05) is 5.32 Å². The first-order valence-corrected chi connectivity index (χ1v) is 6.23. The van der Waals surface area contributed by atoms with Crippen molar-refractivity contribution >= 4 is 29.2 Å². The number of aromatic carboxylic acids is 1. The Morgan fingerprint density at radius 3 is 2.55 bits per heavy atom. The largest absolute Gasteiger partial charge is 0.478 e. The minimum Gasteiger partial charge on any atom is -0.478 e. The summed E-state index contributed by atoms with van der Waals surface area (Å²) in [6.45, 7) is 1.79.